The van der Waals surface area contributed by atoms with Crippen molar-refractivity contribution in [1.82, 2.24) is 15.2 Å². The van der Waals surface area contributed by atoms with E-state index in [0.29, 0.717) is 0 Å². The van der Waals surface area contributed by atoms with Crippen LogP contribution in [-0.4, -0.2) is 36.1 Å². The number of nitrogens with zero attached hydrogens (tertiary/aromatic N) is 2. The van der Waals surface area contributed by atoms with Gasteiger partial charge in [-0.15, -0.1) is 0 Å². The molecule has 0 atom stereocenters. The van der Waals surface area contributed by atoms with Crippen LogP contribution in [0.1, 0.15) is 24.6 Å². The fourth-order valence-corrected chi connectivity index (χ4v) is 2.19. The van der Waals surface area contributed by atoms with E-state index in [1.54, 1.807) is 0 Å². The molecule has 3 heteroatoms. The predicted octanol–water partition coefficient (Wildman–Crippen LogP) is 1.44. The van der Waals surface area contributed by atoms with Crippen molar-refractivity contribution in [1.29, 1.82) is 0 Å². The molecule has 1 aliphatic heterocycles. The molecule has 0 aliphatic carbocycles. The highest BCUT2D eigenvalue weighted by Crippen LogP contribution is 2.11. The van der Waals surface area contributed by atoms with Gasteiger partial charge in [-0.2, -0.15) is 0 Å². The van der Waals surface area contributed by atoms with E-state index in [1.165, 1.54) is 17.7 Å². The Bertz CT molecular complexity index is 319. The second kappa shape index (κ2) is 5.97. The molecule has 1 aliphatic rings. The molecule has 3 nitrogen and oxygen atoms in total. The molecule has 0 bridgehead atoms. The van der Waals surface area contributed by atoms with Crippen molar-refractivity contribution in [2.75, 3.05) is 26.2 Å². The zero-order chi connectivity index (χ0) is 11.2. The van der Waals surface area contributed by atoms with Gasteiger partial charge in [0.2, 0.25) is 0 Å². The lowest BCUT2D eigenvalue weighted by Crippen LogP contribution is -2.43. The van der Waals surface area contributed by atoms with E-state index in [4.69, 9.17) is 0 Å². The fourth-order valence-electron chi connectivity index (χ4n) is 2.19. The van der Waals surface area contributed by atoms with Crippen molar-refractivity contribution in [3.05, 3.63) is 29.6 Å². The molecule has 0 spiro atoms. The van der Waals surface area contributed by atoms with Crippen molar-refractivity contribution >= 4 is 0 Å². The summed E-state index contributed by atoms with van der Waals surface area (Å²) in [7, 11) is 0. The van der Waals surface area contributed by atoms with Gasteiger partial charge >= 0.3 is 0 Å². The first-order valence-electron chi connectivity index (χ1n) is 6.26. The van der Waals surface area contributed by atoms with Crippen molar-refractivity contribution in [2.24, 2.45) is 0 Å². The molecule has 0 saturated carbocycles. The molecule has 2 rings (SSSR count). The maximum atomic E-state index is 4.53. The van der Waals surface area contributed by atoms with Gasteiger partial charge in [0, 0.05) is 38.9 Å². The summed E-state index contributed by atoms with van der Waals surface area (Å²) in [6, 6.07) is 4.26. The first-order chi connectivity index (χ1) is 7.90. The summed E-state index contributed by atoms with van der Waals surface area (Å²) in [5, 5.41) is 3.38. The third-order valence-electron chi connectivity index (χ3n) is 3.09. The lowest BCUT2D eigenvalue weighted by Gasteiger charge is -2.27. The first-order valence-corrected chi connectivity index (χ1v) is 6.26. The minimum atomic E-state index is 1.01. The zero-order valence-corrected chi connectivity index (χ0v) is 10.1. The van der Waals surface area contributed by atoms with E-state index in [-0.39, 0.29) is 0 Å². The molecule has 1 saturated heterocycles. The molecule has 16 heavy (non-hydrogen) atoms. The topological polar surface area (TPSA) is 28.2 Å². The Morgan fingerprint density at radius 3 is 2.94 bits per heavy atom. The highest BCUT2D eigenvalue weighted by Gasteiger charge is 2.12. The Hall–Kier alpha value is -0.930. The van der Waals surface area contributed by atoms with Gasteiger partial charge in [0.05, 0.1) is 5.69 Å². The van der Waals surface area contributed by atoms with Crippen LogP contribution in [0.5, 0.6) is 0 Å². The zero-order valence-electron chi connectivity index (χ0n) is 10.1. The summed E-state index contributed by atoms with van der Waals surface area (Å²) >= 11 is 0. The predicted molar refractivity (Wildman–Crippen MR) is 66.4 cm³/mol. The lowest BCUT2D eigenvalue weighted by atomic mass is 10.1. The molecule has 0 aromatic carbocycles. The first kappa shape index (κ1) is 11.6. The monoisotopic (exact) mass is 219 g/mol. The molecule has 2 heterocycles. The minimum absolute atomic E-state index is 1.01. The number of pyridine rings is 1. The maximum Gasteiger partial charge on any atom is 0.0575 e. The lowest BCUT2D eigenvalue weighted by molar-refractivity contribution is 0.230. The molecular formula is C13H21N3. The minimum Gasteiger partial charge on any atom is -0.314 e. The van der Waals surface area contributed by atoms with Crippen LogP contribution >= 0.6 is 0 Å². The molecule has 88 valence electrons. The van der Waals surface area contributed by atoms with Crippen molar-refractivity contribution in [3.63, 3.8) is 0 Å². The Kier molecular flexibility index (Phi) is 4.31. The Morgan fingerprint density at radius 1 is 1.38 bits per heavy atom. The number of nitrogens with one attached hydrogen (secondary N) is 1. The fraction of sp³-hybridized carbons (Fsp3) is 0.615. The quantitative estimate of drug-likeness (QED) is 0.830. The van der Waals surface area contributed by atoms with E-state index in [2.05, 4.69) is 28.2 Å². The molecule has 1 N–H and O–H groups in total. The van der Waals surface area contributed by atoms with Gasteiger partial charge in [0.25, 0.3) is 0 Å². The van der Waals surface area contributed by atoms with Crippen molar-refractivity contribution in [3.8, 4) is 0 Å². The Balaban J connectivity index is 2.01. The molecule has 1 aromatic rings. The number of hydrogen-bond donors (Lipinski definition) is 1. The normalized spacial score (nSPS) is 17.6. The average molecular weight is 219 g/mol. The third kappa shape index (κ3) is 3.03. The van der Waals surface area contributed by atoms with Gasteiger partial charge in [0.1, 0.15) is 0 Å². The molecule has 0 unspecified atom stereocenters. The van der Waals surface area contributed by atoms with Gasteiger partial charge in [-0.25, -0.2) is 0 Å². The van der Waals surface area contributed by atoms with Gasteiger partial charge < -0.3 is 5.32 Å². The third-order valence-corrected chi connectivity index (χ3v) is 3.09. The van der Waals surface area contributed by atoms with E-state index in [0.717, 1.165) is 39.1 Å². The van der Waals surface area contributed by atoms with Crippen LogP contribution in [0.3, 0.4) is 0 Å². The molecule has 0 amide bonds. The van der Waals surface area contributed by atoms with E-state index >= 15 is 0 Å². The maximum absolute atomic E-state index is 4.53. The smallest absolute Gasteiger partial charge is 0.0575 e. The Morgan fingerprint density at radius 2 is 2.19 bits per heavy atom. The van der Waals surface area contributed by atoms with E-state index in [1.807, 2.05) is 12.3 Å². The van der Waals surface area contributed by atoms with Crippen molar-refractivity contribution < 1.29 is 0 Å². The van der Waals surface area contributed by atoms with Crippen LogP contribution in [0.25, 0.3) is 0 Å². The van der Waals surface area contributed by atoms with Crippen LogP contribution in [0, 0.1) is 0 Å². The molecule has 0 radical (unpaired) electrons. The second-order valence-corrected chi connectivity index (χ2v) is 4.39. The van der Waals surface area contributed by atoms with Gasteiger partial charge in [-0.3, -0.25) is 9.88 Å². The number of aromatic nitrogens is 1. The van der Waals surface area contributed by atoms with E-state index in [9.17, 15) is 0 Å². The summed E-state index contributed by atoms with van der Waals surface area (Å²) in [4.78, 5) is 7.01. The molecular weight excluding hydrogens is 198 g/mol. The highest BCUT2D eigenvalue weighted by atomic mass is 15.2. The number of piperazine rings is 1. The van der Waals surface area contributed by atoms with Crippen LogP contribution < -0.4 is 5.32 Å². The second-order valence-electron chi connectivity index (χ2n) is 4.39. The molecule has 1 aromatic heterocycles. The standard InChI is InChI=1S/C13H21N3/c1-2-4-12-5-3-6-15-13(12)11-16-9-7-14-8-10-16/h3,5-6,14H,2,4,7-11H2,1H3. The highest BCUT2D eigenvalue weighted by molar-refractivity contribution is 5.19. The van der Waals surface area contributed by atoms with Crippen LogP contribution in [-0.2, 0) is 13.0 Å². The summed E-state index contributed by atoms with van der Waals surface area (Å²) in [5.74, 6) is 0. The summed E-state index contributed by atoms with van der Waals surface area (Å²) < 4.78 is 0. The summed E-state index contributed by atoms with van der Waals surface area (Å²) in [6.45, 7) is 7.73. The molecule has 1 fully saturated rings. The van der Waals surface area contributed by atoms with Gasteiger partial charge in [-0.05, 0) is 18.1 Å². The van der Waals surface area contributed by atoms with E-state index < -0.39 is 0 Å². The van der Waals surface area contributed by atoms with Gasteiger partial charge in [0.15, 0.2) is 0 Å². The van der Waals surface area contributed by atoms with Gasteiger partial charge in [-0.1, -0.05) is 19.4 Å². The Labute approximate surface area is 97.9 Å². The van der Waals surface area contributed by atoms with Crippen molar-refractivity contribution in [2.45, 2.75) is 26.3 Å². The summed E-state index contributed by atoms with van der Waals surface area (Å²) in [5.41, 5.74) is 2.69. The number of hydrogen-bond acceptors (Lipinski definition) is 3. The van der Waals surface area contributed by atoms with Crippen LogP contribution in [0.4, 0.5) is 0 Å². The largest absolute Gasteiger partial charge is 0.314 e. The number of aryl methyl sites for hydroxylation is 1. The number of rotatable bonds is 4. The average Bonchev–Trinajstić information content (AvgIpc) is 2.33. The SMILES string of the molecule is CCCc1cccnc1CN1CCNCC1. The summed E-state index contributed by atoms with van der Waals surface area (Å²) in [6.07, 6.45) is 4.26. The van der Waals surface area contributed by atoms with Crippen LogP contribution in [0.15, 0.2) is 18.3 Å². The van der Waals surface area contributed by atoms with Crippen LogP contribution in [0.2, 0.25) is 0 Å².